The number of aryl methyl sites for hydroxylation is 2. The average Bonchev–Trinajstić information content (AvgIpc) is 3.41. The number of piperidine rings is 1. The summed E-state index contributed by atoms with van der Waals surface area (Å²) in [5.41, 5.74) is 2.79. The standard InChI is InChI=1S/C23H30N2O4S/c1-16-21(17(2)29-24-16)15-30-22-8-4-3-7-20(22)23(26)25-11-9-18(10-12-25)28-14-19-6-5-13-27-19/h3-4,7-8,18-19H,5-6,9-15H2,1-2H3/t19-/m1/s1. The molecule has 1 atom stereocenters. The second-order valence-electron chi connectivity index (χ2n) is 8.05. The first-order chi connectivity index (χ1) is 14.6. The molecule has 1 amide bonds. The first-order valence-corrected chi connectivity index (χ1v) is 11.8. The predicted molar refractivity (Wildman–Crippen MR) is 116 cm³/mol. The highest BCUT2D eigenvalue weighted by Crippen LogP contribution is 2.30. The van der Waals surface area contributed by atoms with E-state index in [9.17, 15) is 4.79 Å². The number of amides is 1. The molecule has 7 heteroatoms. The summed E-state index contributed by atoms with van der Waals surface area (Å²) in [5, 5.41) is 4.02. The smallest absolute Gasteiger partial charge is 0.254 e. The minimum absolute atomic E-state index is 0.106. The Kier molecular flexibility index (Phi) is 7.12. The molecule has 2 aromatic rings. The quantitative estimate of drug-likeness (QED) is 0.607. The number of rotatable bonds is 7. The van der Waals surface area contributed by atoms with Crippen LogP contribution in [-0.2, 0) is 15.2 Å². The maximum absolute atomic E-state index is 13.2. The predicted octanol–water partition coefficient (Wildman–Crippen LogP) is 4.38. The average molecular weight is 431 g/mol. The van der Waals surface area contributed by atoms with E-state index in [2.05, 4.69) is 5.16 Å². The number of likely N-dealkylation sites (tertiary alicyclic amines) is 1. The summed E-state index contributed by atoms with van der Waals surface area (Å²) in [4.78, 5) is 16.2. The number of hydrogen-bond acceptors (Lipinski definition) is 6. The highest BCUT2D eigenvalue weighted by atomic mass is 32.2. The molecular formula is C23H30N2O4S. The lowest BCUT2D eigenvalue weighted by atomic mass is 10.1. The lowest BCUT2D eigenvalue weighted by Crippen LogP contribution is -2.41. The first-order valence-electron chi connectivity index (χ1n) is 10.8. The van der Waals surface area contributed by atoms with E-state index in [0.29, 0.717) is 6.61 Å². The van der Waals surface area contributed by atoms with Gasteiger partial charge in [0.2, 0.25) is 0 Å². The second-order valence-corrected chi connectivity index (χ2v) is 9.06. The third-order valence-corrected chi connectivity index (χ3v) is 7.04. The van der Waals surface area contributed by atoms with Crippen molar-refractivity contribution in [1.82, 2.24) is 10.1 Å². The van der Waals surface area contributed by atoms with Crippen LogP contribution in [0.25, 0.3) is 0 Å². The van der Waals surface area contributed by atoms with Gasteiger partial charge in [0.15, 0.2) is 0 Å². The third-order valence-electron chi connectivity index (χ3n) is 5.94. The number of carbonyl (C=O) groups is 1. The molecule has 30 heavy (non-hydrogen) atoms. The van der Waals surface area contributed by atoms with Gasteiger partial charge in [-0.25, -0.2) is 0 Å². The van der Waals surface area contributed by atoms with E-state index in [4.69, 9.17) is 14.0 Å². The summed E-state index contributed by atoms with van der Waals surface area (Å²) in [6.45, 7) is 6.89. The van der Waals surface area contributed by atoms with Gasteiger partial charge in [0.1, 0.15) is 5.76 Å². The molecule has 2 aliphatic heterocycles. The van der Waals surface area contributed by atoms with E-state index in [0.717, 1.165) is 78.6 Å². The van der Waals surface area contributed by atoms with E-state index in [1.165, 1.54) is 0 Å². The van der Waals surface area contributed by atoms with Crippen LogP contribution in [0.2, 0.25) is 0 Å². The van der Waals surface area contributed by atoms with Crippen molar-refractivity contribution in [2.75, 3.05) is 26.3 Å². The Labute approximate surface area is 182 Å². The Morgan fingerprint density at radius 3 is 2.73 bits per heavy atom. The summed E-state index contributed by atoms with van der Waals surface area (Å²) in [5.74, 6) is 1.69. The number of hydrogen-bond donors (Lipinski definition) is 0. The molecule has 2 fully saturated rings. The third kappa shape index (κ3) is 5.07. The van der Waals surface area contributed by atoms with E-state index < -0.39 is 0 Å². The van der Waals surface area contributed by atoms with Crippen molar-refractivity contribution in [3.63, 3.8) is 0 Å². The molecule has 0 saturated carbocycles. The normalized spacial score (nSPS) is 20.1. The van der Waals surface area contributed by atoms with Crippen LogP contribution in [-0.4, -0.2) is 54.5 Å². The number of benzene rings is 1. The number of nitrogens with zero attached hydrogens (tertiary/aromatic N) is 2. The number of thioether (sulfide) groups is 1. The molecule has 1 aromatic carbocycles. The van der Waals surface area contributed by atoms with Crippen molar-refractivity contribution >= 4 is 17.7 Å². The van der Waals surface area contributed by atoms with Crippen molar-refractivity contribution in [2.45, 2.75) is 62.4 Å². The van der Waals surface area contributed by atoms with Crippen LogP contribution >= 0.6 is 11.8 Å². The van der Waals surface area contributed by atoms with Gasteiger partial charge in [-0.2, -0.15) is 0 Å². The Morgan fingerprint density at radius 1 is 1.23 bits per heavy atom. The zero-order valence-electron chi connectivity index (χ0n) is 17.8. The van der Waals surface area contributed by atoms with Crippen molar-refractivity contribution in [2.24, 2.45) is 0 Å². The summed E-state index contributed by atoms with van der Waals surface area (Å²) in [6.07, 6.45) is 4.47. The minimum Gasteiger partial charge on any atom is -0.376 e. The van der Waals surface area contributed by atoms with Crippen LogP contribution < -0.4 is 0 Å². The Balaban J connectivity index is 1.32. The topological polar surface area (TPSA) is 64.8 Å². The van der Waals surface area contributed by atoms with Gasteiger partial charge < -0.3 is 18.9 Å². The lowest BCUT2D eigenvalue weighted by molar-refractivity contribution is -0.0395. The van der Waals surface area contributed by atoms with Crippen LogP contribution in [0.15, 0.2) is 33.7 Å². The fourth-order valence-corrected chi connectivity index (χ4v) is 5.24. The van der Waals surface area contributed by atoms with Crippen molar-refractivity contribution in [1.29, 1.82) is 0 Å². The maximum Gasteiger partial charge on any atom is 0.254 e. The second kappa shape index (κ2) is 9.98. The Bertz CT molecular complexity index is 835. The van der Waals surface area contributed by atoms with Gasteiger partial charge in [-0.3, -0.25) is 4.79 Å². The van der Waals surface area contributed by atoms with Gasteiger partial charge in [-0.05, 0) is 51.7 Å². The Hall–Kier alpha value is -1.83. The molecule has 0 N–H and O–H groups in total. The van der Waals surface area contributed by atoms with E-state index in [1.807, 2.05) is 43.0 Å². The largest absolute Gasteiger partial charge is 0.376 e. The van der Waals surface area contributed by atoms with Crippen LogP contribution in [0.3, 0.4) is 0 Å². The molecule has 0 aliphatic carbocycles. The maximum atomic E-state index is 13.2. The van der Waals surface area contributed by atoms with Gasteiger partial charge in [0.25, 0.3) is 5.91 Å². The van der Waals surface area contributed by atoms with Crippen LogP contribution in [0, 0.1) is 13.8 Å². The van der Waals surface area contributed by atoms with Gasteiger partial charge in [0, 0.05) is 35.9 Å². The molecule has 3 heterocycles. The SMILES string of the molecule is Cc1noc(C)c1CSc1ccccc1C(=O)N1CCC(OC[C@H]2CCCO2)CC1. The molecule has 6 nitrogen and oxygen atoms in total. The molecule has 4 rings (SSSR count). The lowest BCUT2D eigenvalue weighted by Gasteiger charge is -2.32. The van der Waals surface area contributed by atoms with Gasteiger partial charge >= 0.3 is 0 Å². The van der Waals surface area contributed by atoms with Crippen LogP contribution in [0.5, 0.6) is 0 Å². The highest BCUT2D eigenvalue weighted by molar-refractivity contribution is 7.98. The van der Waals surface area contributed by atoms with Crippen LogP contribution in [0.1, 0.15) is 53.1 Å². The fourth-order valence-electron chi connectivity index (χ4n) is 4.04. The van der Waals surface area contributed by atoms with Crippen molar-refractivity contribution < 1.29 is 18.8 Å². The number of aromatic nitrogens is 1. The monoisotopic (exact) mass is 430 g/mol. The summed E-state index contributed by atoms with van der Waals surface area (Å²) < 4.78 is 16.9. The molecule has 2 aliphatic rings. The fraction of sp³-hybridized carbons (Fsp3) is 0.565. The summed E-state index contributed by atoms with van der Waals surface area (Å²) in [7, 11) is 0. The molecule has 0 unspecified atom stereocenters. The van der Waals surface area contributed by atoms with E-state index in [-0.39, 0.29) is 18.1 Å². The van der Waals surface area contributed by atoms with E-state index >= 15 is 0 Å². The molecule has 0 spiro atoms. The molecule has 0 radical (unpaired) electrons. The zero-order valence-corrected chi connectivity index (χ0v) is 18.6. The molecule has 162 valence electrons. The summed E-state index contributed by atoms with van der Waals surface area (Å²) in [6, 6.07) is 7.87. The van der Waals surface area contributed by atoms with Crippen molar-refractivity contribution in [3.8, 4) is 0 Å². The number of carbonyl (C=O) groups excluding carboxylic acids is 1. The first kappa shape index (κ1) is 21.4. The summed E-state index contributed by atoms with van der Waals surface area (Å²) >= 11 is 1.66. The van der Waals surface area contributed by atoms with Crippen molar-refractivity contribution in [3.05, 3.63) is 46.8 Å². The van der Waals surface area contributed by atoms with Gasteiger partial charge in [-0.1, -0.05) is 17.3 Å². The zero-order chi connectivity index (χ0) is 20.9. The number of ether oxygens (including phenoxy) is 2. The van der Waals surface area contributed by atoms with Gasteiger partial charge in [0.05, 0.1) is 30.1 Å². The highest BCUT2D eigenvalue weighted by Gasteiger charge is 2.27. The molecule has 0 bridgehead atoms. The van der Waals surface area contributed by atoms with Crippen LogP contribution in [0.4, 0.5) is 0 Å². The molecule has 2 saturated heterocycles. The van der Waals surface area contributed by atoms with E-state index in [1.54, 1.807) is 11.8 Å². The minimum atomic E-state index is 0.106. The Morgan fingerprint density at radius 2 is 2.03 bits per heavy atom. The van der Waals surface area contributed by atoms with Gasteiger partial charge in [-0.15, -0.1) is 11.8 Å². The molecule has 1 aromatic heterocycles. The molecular weight excluding hydrogens is 400 g/mol.